The van der Waals surface area contributed by atoms with Crippen LogP contribution in [-0.2, 0) is 0 Å². The van der Waals surface area contributed by atoms with Crippen molar-refractivity contribution < 1.29 is 4.74 Å². The summed E-state index contributed by atoms with van der Waals surface area (Å²) in [4.78, 5) is 8.67. The Hall–Kier alpha value is -2.11. The predicted molar refractivity (Wildman–Crippen MR) is 70.8 cm³/mol. The molecule has 0 spiro atoms. The van der Waals surface area contributed by atoms with Crippen LogP contribution in [0.4, 0.5) is 5.95 Å². The van der Waals surface area contributed by atoms with E-state index in [4.69, 9.17) is 4.74 Å². The van der Waals surface area contributed by atoms with Crippen molar-refractivity contribution in [2.45, 2.75) is 20.3 Å². The predicted octanol–water partition coefficient (Wildman–Crippen LogP) is 2.13. The molecule has 0 bridgehead atoms. The Labute approximate surface area is 105 Å². The smallest absolute Gasteiger partial charge is 0.229 e. The molecule has 18 heavy (non-hydrogen) atoms. The normalized spacial score (nSPS) is 11.2. The van der Waals surface area contributed by atoms with Gasteiger partial charge in [0.15, 0.2) is 5.65 Å². The van der Waals surface area contributed by atoms with E-state index in [1.165, 1.54) is 0 Å². The molecule has 0 unspecified atom stereocenters. The molecule has 2 aromatic heterocycles. The zero-order valence-electron chi connectivity index (χ0n) is 10.6. The highest BCUT2D eigenvalue weighted by molar-refractivity contribution is 5.80. The van der Waals surface area contributed by atoms with Gasteiger partial charge in [0.25, 0.3) is 0 Å². The van der Waals surface area contributed by atoms with Crippen LogP contribution in [0.3, 0.4) is 0 Å². The maximum Gasteiger partial charge on any atom is 0.229 e. The summed E-state index contributed by atoms with van der Waals surface area (Å²) in [6.45, 7) is 5.35. The first-order chi connectivity index (χ1) is 8.85. The molecule has 0 fully saturated rings. The molecule has 0 aliphatic carbocycles. The highest BCUT2D eigenvalue weighted by atomic mass is 16.5. The van der Waals surface area contributed by atoms with Crippen molar-refractivity contribution in [1.29, 1.82) is 0 Å². The van der Waals surface area contributed by atoms with E-state index < -0.39 is 0 Å². The van der Waals surface area contributed by atoms with Crippen molar-refractivity contribution in [3.8, 4) is 5.88 Å². The van der Waals surface area contributed by atoms with Gasteiger partial charge >= 0.3 is 0 Å². The minimum absolute atomic E-state index is 0.487. The largest absolute Gasteiger partial charge is 0.473 e. The van der Waals surface area contributed by atoms with Crippen molar-refractivity contribution >= 4 is 17.0 Å². The zero-order valence-corrected chi connectivity index (χ0v) is 10.6. The van der Waals surface area contributed by atoms with Gasteiger partial charge in [-0.05, 0) is 13.3 Å². The molecule has 0 aliphatic heterocycles. The maximum absolute atomic E-state index is 5.60. The van der Waals surface area contributed by atoms with Gasteiger partial charge in [0.05, 0.1) is 6.20 Å². The Morgan fingerprint density at radius 3 is 3.11 bits per heavy atom. The molecule has 0 atom stereocenters. The third-order valence-electron chi connectivity index (χ3n) is 2.36. The highest BCUT2D eigenvalue weighted by Gasteiger charge is 2.09. The number of aromatic nitrogens is 4. The van der Waals surface area contributed by atoms with Crippen LogP contribution in [0.15, 0.2) is 18.3 Å². The first kappa shape index (κ1) is 12.3. The van der Waals surface area contributed by atoms with Gasteiger partial charge in [0, 0.05) is 6.54 Å². The lowest BCUT2D eigenvalue weighted by Gasteiger charge is -2.07. The van der Waals surface area contributed by atoms with E-state index in [-0.39, 0.29) is 0 Å². The molecule has 2 rings (SSSR count). The highest BCUT2D eigenvalue weighted by Crippen LogP contribution is 2.22. The fourth-order valence-electron chi connectivity index (χ4n) is 1.46. The fraction of sp³-hybridized carbons (Fsp3) is 0.417. The average molecular weight is 247 g/mol. The third kappa shape index (κ3) is 2.77. The zero-order chi connectivity index (χ0) is 12.8. The number of H-pyrrole nitrogens is 1. The van der Waals surface area contributed by atoms with Gasteiger partial charge in [-0.2, -0.15) is 15.1 Å². The van der Waals surface area contributed by atoms with Crippen molar-refractivity contribution in [2.75, 3.05) is 18.5 Å². The average Bonchev–Trinajstić information content (AvgIpc) is 2.85. The molecule has 6 heteroatoms. The van der Waals surface area contributed by atoms with Gasteiger partial charge in [-0.15, -0.1) is 0 Å². The SMILES string of the molecule is C/C=C/COc1nc(NCCC)nc2[nH]ncc12. The topological polar surface area (TPSA) is 75.7 Å². The van der Waals surface area contributed by atoms with Gasteiger partial charge in [-0.1, -0.05) is 19.1 Å². The summed E-state index contributed by atoms with van der Waals surface area (Å²) in [5.41, 5.74) is 0.680. The summed E-state index contributed by atoms with van der Waals surface area (Å²) in [5, 5.41) is 10.7. The van der Waals surface area contributed by atoms with E-state index in [2.05, 4.69) is 32.4 Å². The van der Waals surface area contributed by atoms with Gasteiger partial charge in [0.2, 0.25) is 11.8 Å². The molecule has 0 aliphatic rings. The van der Waals surface area contributed by atoms with Gasteiger partial charge in [-0.3, -0.25) is 5.10 Å². The standard InChI is InChI=1S/C12H17N5O/c1-3-5-7-18-11-9-8-14-17-10(9)15-12(16-11)13-6-4-2/h3,5,8H,4,6-7H2,1-2H3,(H2,13,14,15,16,17)/b5-3+. The van der Waals surface area contributed by atoms with Crippen LogP contribution in [0.25, 0.3) is 11.0 Å². The lowest BCUT2D eigenvalue weighted by molar-refractivity contribution is 0.353. The molecule has 6 nitrogen and oxygen atoms in total. The summed E-state index contributed by atoms with van der Waals surface area (Å²) < 4.78 is 5.60. The number of ether oxygens (including phenoxy) is 1. The van der Waals surface area contributed by atoms with Crippen molar-refractivity contribution in [3.05, 3.63) is 18.3 Å². The van der Waals surface area contributed by atoms with Gasteiger partial charge < -0.3 is 10.1 Å². The second-order valence-electron chi connectivity index (χ2n) is 3.79. The van der Waals surface area contributed by atoms with Gasteiger partial charge in [-0.25, -0.2) is 0 Å². The van der Waals surface area contributed by atoms with E-state index in [9.17, 15) is 0 Å². The molecular weight excluding hydrogens is 230 g/mol. The number of nitrogens with one attached hydrogen (secondary N) is 2. The molecular formula is C12H17N5O. The number of anilines is 1. The van der Waals surface area contributed by atoms with E-state index >= 15 is 0 Å². The van der Waals surface area contributed by atoms with Crippen LogP contribution in [0.5, 0.6) is 5.88 Å². The Bertz CT molecular complexity index is 534. The maximum atomic E-state index is 5.60. The summed E-state index contributed by atoms with van der Waals surface area (Å²) in [6.07, 6.45) is 6.54. The van der Waals surface area contributed by atoms with Crippen LogP contribution >= 0.6 is 0 Å². The summed E-state index contributed by atoms with van der Waals surface area (Å²) in [6, 6.07) is 0. The summed E-state index contributed by atoms with van der Waals surface area (Å²) >= 11 is 0. The molecule has 2 aromatic rings. The van der Waals surface area contributed by atoms with Gasteiger partial charge in [0.1, 0.15) is 12.0 Å². The lowest BCUT2D eigenvalue weighted by Crippen LogP contribution is -2.06. The minimum Gasteiger partial charge on any atom is -0.473 e. The molecule has 0 amide bonds. The van der Waals surface area contributed by atoms with E-state index in [0.29, 0.717) is 24.1 Å². The molecule has 96 valence electrons. The van der Waals surface area contributed by atoms with E-state index in [1.54, 1.807) is 6.20 Å². The summed E-state index contributed by atoms with van der Waals surface area (Å²) in [5.74, 6) is 1.11. The number of aromatic amines is 1. The Kier molecular flexibility index (Phi) is 4.11. The first-order valence-electron chi connectivity index (χ1n) is 6.04. The molecule has 0 aromatic carbocycles. The van der Waals surface area contributed by atoms with Crippen molar-refractivity contribution in [2.24, 2.45) is 0 Å². The van der Waals surface area contributed by atoms with Crippen LogP contribution < -0.4 is 10.1 Å². The quantitative estimate of drug-likeness (QED) is 0.765. The number of fused-ring (bicyclic) bond motifs is 1. The molecule has 2 heterocycles. The number of nitrogens with zero attached hydrogens (tertiary/aromatic N) is 3. The Morgan fingerprint density at radius 2 is 2.33 bits per heavy atom. The minimum atomic E-state index is 0.487. The number of hydrogen-bond acceptors (Lipinski definition) is 5. The number of rotatable bonds is 6. The monoisotopic (exact) mass is 247 g/mol. The fourth-order valence-corrected chi connectivity index (χ4v) is 1.46. The second-order valence-corrected chi connectivity index (χ2v) is 3.79. The first-order valence-corrected chi connectivity index (χ1v) is 6.04. The van der Waals surface area contributed by atoms with Crippen LogP contribution in [0.1, 0.15) is 20.3 Å². The van der Waals surface area contributed by atoms with Crippen LogP contribution in [0.2, 0.25) is 0 Å². The van der Waals surface area contributed by atoms with Crippen LogP contribution in [-0.4, -0.2) is 33.3 Å². The Balaban J connectivity index is 2.26. The Morgan fingerprint density at radius 1 is 1.44 bits per heavy atom. The number of allylic oxidation sites excluding steroid dienone is 1. The van der Waals surface area contributed by atoms with Crippen molar-refractivity contribution in [3.63, 3.8) is 0 Å². The lowest BCUT2D eigenvalue weighted by atomic mass is 10.4. The molecule has 0 saturated carbocycles. The van der Waals surface area contributed by atoms with Crippen molar-refractivity contribution in [1.82, 2.24) is 20.2 Å². The molecule has 0 radical (unpaired) electrons. The second kappa shape index (κ2) is 6.00. The molecule has 2 N–H and O–H groups in total. The number of hydrogen-bond donors (Lipinski definition) is 2. The molecule has 0 saturated heterocycles. The van der Waals surface area contributed by atoms with Crippen LogP contribution in [0, 0.1) is 0 Å². The van der Waals surface area contributed by atoms with E-state index in [1.807, 2.05) is 19.1 Å². The third-order valence-corrected chi connectivity index (χ3v) is 2.36. The summed E-state index contributed by atoms with van der Waals surface area (Å²) in [7, 11) is 0. The van der Waals surface area contributed by atoms with E-state index in [0.717, 1.165) is 18.4 Å².